The van der Waals surface area contributed by atoms with Gasteiger partial charge in [-0.3, -0.25) is 4.57 Å². The van der Waals surface area contributed by atoms with Gasteiger partial charge in [0.05, 0.1) is 0 Å². The average molecular weight is 150 g/mol. The van der Waals surface area contributed by atoms with E-state index in [1.54, 1.807) is 13.8 Å². The number of carbonyl (C=O) groups excluding carboxylic acids is 1. The van der Waals surface area contributed by atoms with Crippen molar-refractivity contribution in [2.45, 2.75) is 13.8 Å². The first kappa shape index (κ1) is 8.86. The van der Waals surface area contributed by atoms with E-state index >= 15 is 0 Å². The Morgan fingerprint density at radius 2 is 2.11 bits per heavy atom. The molecule has 0 radical (unpaired) electrons. The van der Waals surface area contributed by atoms with Crippen molar-refractivity contribution in [3.63, 3.8) is 0 Å². The van der Waals surface area contributed by atoms with Crippen molar-refractivity contribution in [1.29, 1.82) is 0 Å². The first-order chi connectivity index (χ1) is 3.98. The largest absolute Gasteiger partial charge is 0.346 e. The van der Waals surface area contributed by atoms with Crippen LogP contribution in [0.15, 0.2) is 0 Å². The molecule has 0 heterocycles. The van der Waals surface area contributed by atoms with E-state index in [2.05, 4.69) is 0 Å². The van der Waals surface area contributed by atoms with Gasteiger partial charge in [0.2, 0.25) is 0 Å². The molecule has 0 aliphatic heterocycles. The van der Waals surface area contributed by atoms with Gasteiger partial charge in [-0.05, 0) is 0 Å². The van der Waals surface area contributed by atoms with Crippen molar-refractivity contribution in [3.8, 4) is 0 Å². The molecule has 0 saturated heterocycles. The summed E-state index contributed by atoms with van der Waals surface area (Å²) < 4.78 is 10.2. The van der Waals surface area contributed by atoms with Crippen LogP contribution in [0.25, 0.3) is 0 Å². The highest BCUT2D eigenvalue weighted by molar-refractivity contribution is 7.38. The molecule has 1 atom stereocenters. The van der Waals surface area contributed by atoms with E-state index in [-0.39, 0.29) is 6.16 Å². The summed E-state index contributed by atoms with van der Waals surface area (Å²) >= 11 is 0. The Balaban J connectivity index is 3.86. The number of rotatable bonds is 3. The molecule has 0 aromatic heterocycles. The van der Waals surface area contributed by atoms with E-state index in [0.717, 1.165) is 0 Å². The van der Waals surface area contributed by atoms with Crippen LogP contribution in [0.4, 0.5) is 0 Å². The maximum atomic E-state index is 10.2. The minimum Gasteiger partial charge on any atom is -0.346 e. The summed E-state index contributed by atoms with van der Waals surface area (Å²) in [4.78, 5) is 18.5. The van der Waals surface area contributed by atoms with Gasteiger partial charge in [-0.1, -0.05) is 13.8 Å². The summed E-state index contributed by atoms with van der Waals surface area (Å²) in [5.74, 6) is 0. The van der Waals surface area contributed by atoms with Crippen molar-refractivity contribution in [2.24, 2.45) is 5.41 Å². The number of aldehydes is 1. The molecule has 4 heteroatoms. The minimum atomic E-state index is -2.48. The predicted octanol–water partition coefficient (Wildman–Crippen LogP) is 0.678. The smallest absolute Gasteiger partial charge is 0.190 e. The molecule has 0 fully saturated rings. The van der Waals surface area contributed by atoms with Crippen molar-refractivity contribution in [3.05, 3.63) is 0 Å². The van der Waals surface area contributed by atoms with Gasteiger partial charge in [0.25, 0.3) is 0 Å². The summed E-state index contributed by atoms with van der Waals surface area (Å²) in [5, 5.41) is 0. The van der Waals surface area contributed by atoms with Gasteiger partial charge in [0.15, 0.2) is 8.03 Å². The van der Waals surface area contributed by atoms with Gasteiger partial charge in [0.1, 0.15) is 6.29 Å². The third-order valence-corrected chi connectivity index (χ3v) is 2.14. The summed E-state index contributed by atoms with van der Waals surface area (Å²) in [7, 11) is -2.48. The average Bonchev–Trinajstić information content (AvgIpc) is 1.63. The van der Waals surface area contributed by atoms with E-state index in [9.17, 15) is 9.36 Å². The highest BCUT2D eigenvalue weighted by Crippen LogP contribution is 2.25. The quantitative estimate of drug-likeness (QED) is 0.475. The molecule has 1 unspecified atom stereocenters. The molecule has 0 amide bonds. The van der Waals surface area contributed by atoms with Crippen LogP contribution >= 0.6 is 8.03 Å². The van der Waals surface area contributed by atoms with E-state index in [0.29, 0.717) is 6.29 Å². The van der Waals surface area contributed by atoms with Gasteiger partial charge >= 0.3 is 0 Å². The van der Waals surface area contributed by atoms with Crippen LogP contribution in [0.2, 0.25) is 0 Å². The summed E-state index contributed by atoms with van der Waals surface area (Å²) in [5.41, 5.74) is -0.634. The molecule has 0 aromatic rings. The molecule has 0 bridgehead atoms. The van der Waals surface area contributed by atoms with Crippen LogP contribution in [-0.2, 0) is 9.36 Å². The first-order valence-electron chi connectivity index (χ1n) is 2.66. The molecule has 0 aliphatic rings. The molecule has 54 valence electrons. The fourth-order valence-electron chi connectivity index (χ4n) is 0.431. The maximum Gasteiger partial charge on any atom is 0.190 e. The van der Waals surface area contributed by atoms with Crippen molar-refractivity contribution < 1.29 is 14.3 Å². The molecule has 9 heavy (non-hydrogen) atoms. The van der Waals surface area contributed by atoms with Crippen LogP contribution in [0.3, 0.4) is 0 Å². The fraction of sp³-hybridized carbons (Fsp3) is 0.800. The van der Waals surface area contributed by atoms with E-state index in [4.69, 9.17) is 4.89 Å². The van der Waals surface area contributed by atoms with Gasteiger partial charge in [-0.15, -0.1) is 0 Å². The molecule has 0 rings (SSSR count). The van der Waals surface area contributed by atoms with Crippen LogP contribution in [0.5, 0.6) is 0 Å². The van der Waals surface area contributed by atoms with Crippen molar-refractivity contribution in [1.82, 2.24) is 0 Å². The Hall–Kier alpha value is -0.140. The second kappa shape index (κ2) is 3.14. The minimum absolute atomic E-state index is 0.0845. The molecule has 0 aromatic carbocycles. The molecular formula is C5H11O3P. The Labute approximate surface area is 54.9 Å². The lowest BCUT2D eigenvalue weighted by molar-refractivity contribution is -0.113. The molecule has 0 saturated carbocycles. The standard InChI is InChI=1S/C5H11O3P/c1-5(2,3-6)4-9(7)8/h3,9H,4H2,1-2H3,(H,7,8). The van der Waals surface area contributed by atoms with Crippen LogP contribution in [0.1, 0.15) is 13.8 Å². The maximum absolute atomic E-state index is 10.2. The van der Waals surface area contributed by atoms with Gasteiger partial charge in [-0.25, -0.2) is 0 Å². The van der Waals surface area contributed by atoms with Crippen LogP contribution in [0, 0.1) is 5.41 Å². The van der Waals surface area contributed by atoms with E-state index < -0.39 is 13.4 Å². The summed E-state index contributed by atoms with van der Waals surface area (Å²) in [6.45, 7) is 3.28. The molecule has 1 N–H and O–H groups in total. The van der Waals surface area contributed by atoms with Gasteiger partial charge in [0, 0.05) is 11.6 Å². The predicted molar refractivity (Wildman–Crippen MR) is 35.9 cm³/mol. The van der Waals surface area contributed by atoms with E-state index in [1.807, 2.05) is 0 Å². The SMILES string of the molecule is CC(C)(C=O)C[PH](=O)O. The zero-order valence-corrected chi connectivity index (χ0v) is 6.55. The highest BCUT2D eigenvalue weighted by atomic mass is 31.1. The Morgan fingerprint density at radius 1 is 1.67 bits per heavy atom. The number of carbonyl (C=O) groups is 1. The molecule has 3 nitrogen and oxygen atoms in total. The Morgan fingerprint density at radius 3 is 2.22 bits per heavy atom. The number of hydrogen-bond donors (Lipinski definition) is 1. The second-order valence-corrected chi connectivity index (χ2v) is 3.82. The normalized spacial score (nSPS) is 15.0. The lowest BCUT2D eigenvalue weighted by Crippen LogP contribution is -2.15. The molecule has 0 aliphatic carbocycles. The highest BCUT2D eigenvalue weighted by Gasteiger charge is 2.18. The van der Waals surface area contributed by atoms with Crippen LogP contribution < -0.4 is 0 Å². The molecular weight excluding hydrogens is 139 g/mol. The summed E-state index contributed by atoms with van der Waals surface area (Å²) in [6.07, 6.45) is 0.785. The van der Waals surface area contributed by atoms with Crippen LogP contribution in [-0.4, -0.2) is 17.3 Å². The third-order valence-electron chi connectivity index (χ3n) is 0.926. The topological polar surface area (TPSA) is 54.4 Å². The Bertz CT molecular complexity index is 130. The monoisotopic (exact) mass is 150 g/mol. The zero-order valence-electron chi connectivity index (χ0n) is 5.55. The number of hydrogen-bond acceptors (Lipinski definition) is 2. The van der Waals surface area contributed by atoms with Crippen molar-refractivity contribution >= 4 is 14.3 Å². The zero-order chi connectivity index (χ0) is 7.49. The Kier molecular flexibility index (Phi) is 3.09. The third kappa shape index (κ3) is 4.37. The lowest BCUT2D eigenvalue weighted by Gasteiger charge is -2.12. The van der Waals surface area contributed by atoms with Crippen molar-refractivity contribution in [2.75, 3.05) is 6.16 Å². The van der Waals surface area contributed by atoms with E-state index in [1.165, 1.54) is 0 Å². The first-order valence-corrected chi connectivity index (χ1v) is 4.22. The van der Waals surface area contributed by atoms with Gasteiger partial charge in [-0.2, -0.15) is 0 Å². The lowest BCUT2D eigenvalue weighted by atomic mass is 10.00. The fourth-order valence-corrected chi connectivity index (χ4v) is 1.29. The summed E-state index contributed by atoms with van der Waals surface area (Å²) in [6, 6.07) is 0. The second-order valence-electron chi connectivity index (χ2n) is 2.68. The van der Waals surface area contributed by atoms with Gasteiger partial charge < -0.3 is 9.69 Å². The molecule has 0 spiro atoms.